The van der Waals surface area contributed by atoms with Crippen LogP contribution in [0.1, 0.15) is 17.3 Å². The number of nitrogens with zero attached hydrogens (tertiary/aromatic N) is 2. The molecule has 1 aromatic carbocycles. The highest BCUT2D eigenvalue weighted by atomic mass is 32.2. The first-order valence-electron chi connectivity index (χ1n) is 6.49. The van der Waals surface area contributed by atoms with Crippen LogP contribution in [-0.4, -0.2) is 37.5 Å². The van der Waals surface area contributed by atoms with Gasteiger partial charge in [0.2, 0.25) is 11.8 Å². The van der Waals surface area contributed by atoms with Crippen LogP contribution in [0.4, 0.5) is 0 Å². The topological polar surface area (TPSA) is 56.3 Å². The van der Waals surface area contributed by atoms with Crippen molar-refractivity contribution in [2.24, 2.45) is 0 Å². The van der Waals surface area contributed by atoms with E-state index >= 15 is 0 Å². The molecule has 0 radical (unpaired) electrons. The molecule has 1 N–H and O–H groups in total. The van der Waals surface area contributed by atoms with Crippen molar-refractivity contribution in [2.45, 2.75) is 10.9 Å². The SMILES string of the molecule is CNC(c1ccc(SC)cc1)c1ncc(OC)nc1OC. The minimum atomic E-state index is -0.0886. The van der Waals surface area contributed by atoms with Crippen LogP contribution in [-0.2, 0) is 0 Å². The van der Waals surface area contributed by atoms with Gasteiger partial charge in [0.1, 0.15) is 5.69 Å². The van der Waals surface area contributed by atoms with Crippen molar-refractivity contribution in [1.29, 1.82) is 0 Å². The predicted octanol–water partition coefficient (Wildman–Crippen LogP) is 2.52. The summed E-state index contributed by atoms with van der Waals surface area (Å²) in [5.74, 6) is 0.894. The first-order chi connectivity index (χ1) is 10.2. The average Bonchev–Trinajstić information content (AvgIpc) is 2.56. The Hall–Kier alpha value is -1.79. The summed E-state index contributed by atoms with van der Waals surface area (Å²) >= 11 is 1.72. The van der Waals surface area contributed by atoms with E-state index in [9.17, 15) is 0 Å². The van der Waals surface area contributed by atoms with E-state index in [-0.39, 0.29) is 6.04 Å². The van der Waals surface area contributed by atoms with E-state index in [0.717, 1.165) is 11.3 Å². The summed E-state index contributed by atoms with van der Waals surface area (Å²) in [5, 5.41) is 3.25. The van der Waals surface area contributed by atoms with Crippen LogP contribution in [0.5, 0.6) is 11.8 Å². The molecule has 21 heavy (non-hydrogen) atoms. The van der Waals surface area contributed by atoms with Gasteiger partial charge in [-0.1, -0.05) is 12.1 Å². The summed E-state index contributed by atoms with van der Waals surface area (Å²) in [6.07, 6.45) is 3.65. The normalized spacial score (nSPS) is 12.0. The molecule has 112 valence electrons. The van der Waals surface area contributed by atoms with Crippen LogP contribution in [0.3, 0.4) is 0 Å². The molecule has 0 saturated heterocycles. The summed E-state index contributed by atoms with van der Waals surface area (Å²) in [6.45, 7) is 0. The Labute approximate surface area is 129 Å². The van der Waals surface area contributed by atoms with E-state index in [0.29, 0.717) is 11.8 Å². The smallest absolute Gasteiger partial charge is 0.240 e. The standard InChI is InChI=1S/C15H19N3O2S/c1-16-13(10-5-7-11(21-4)8-6-10)14-15(20-3)18-12(19-2)9-17-14/h5-9,13,16H,1-4H3. The van der Waals surface area contributed by atoms with Crippen molar-refractivity contribution < 1.29 is 9.47 Å². The number of aromatic nitrogens is 2. The number of methoxy groups -OCH3 is 2. The molecule has 0 saturated carbocycles. The van der Waals surface area contributed by atoms with Gasteiger partial charge in [-0.05, 0) is 31.0 Å². The third kappa shape index (κ3) is 3.46. The molecule has 2 rings (SSSR count). The van der Waals surface area contributed by atoms with Crippen LogP contribution in [0.25, 0.3) is 0 Å². The molecule has 0 bridgehead atoms. The highest BCUT2D eigenvalue weighted by Gasteiger charge is 2.20. The van der Waals surface area contributed by atoms with Gasteiger partial charge in [-0.15, -0.1) is 11.8 Å². The monoisotopic (exact) mass is 305 g/mol. The zero-order valence-electron chi connectivity index (χ0n) is 12.6. The molecule has 0 fully saturated rings. The van der Waals surface area contributed by atoms with Crippen LogP contribution in [0.15, 0.2) is 35.4 Å². The van der Waals surface area contributed by atoms with E-state index in [2.05, 4.69) is 45.8 Å². The molecule has 0 aliphatic rings. The highest BCUT2D eigenvalue weighted by Crippen LogP contribution is 2.29. The van der Waals surface area contributed by atoms with E-state index in [4.69, 9.17) is 9.47 Å². The third-order valence-corrected chi connectivity index (χ3v) is 3.90. The molecule has 6 heteroatoms. The predicted molar refractivity (Wildman–Crippen MR) is 84.3 cm³/mol. The fraction of sp³-hybridized carbons (Fsp3) is 0.333. The first kappa shape index (κ1) is 15.6. The minimum Gasteiger partial charge on any atom is -0.480 e. The number of rotatable bonds is 6. The number of thioether (sulfide) groups is 1. The molecule has 1 atom stereocenters. The van der Waals surface area contributed by atoms with Gasteiger partial charge in [0.25, 0.3) is 0 Å². The molecule has 1 heterocycles. The molecule has 5 nitrogen and oxygen atoms in total. The lowest BCUT2D eigenvalue weighted by atomic mass is 10.0. The summed E-state index contributed by atoms with van der Waals surface area (Å²) in [5.41, 5.74) is 1.84. The number of benzene rings is 1. The lowest BCUT2D eigenvalue weighted by molar-refractivity contribution is 0.353. The van der Waals surface area contributed by atoms with Crippen molar-refractivity contribution in [3.63, 3.8) is 0 Å². The molecule has 0 aliphatic carbocycles. The second-order valence-corrected chi connectivity index (χ2v) is 5.18. The van der Waals surface area contributed by atoms with E-state index in [1.807, 2.05) is 7.05 Å². The van der Waals surface area contributed by atoms with Gasteiger partial charge in [-0.3, -0.25) is 0 Å². The van der Waals surface area contributed by atoms with E-state index < -0.39 is 0 Å². The number of nitrogens with one attached hydrogen (secondary N) is 1. The fourth-order valence-corrected chi connectivity index (χ4v) is 2.48. The minimum absolute atomic E-state index is 0.0886. The first-order valence-corrected chi connectivity index (χ1v) is 7.72. The second-order valence-electron chi connectivity index (χ2n) is 4.30. The summed E-state index contributed by atoms with van der Waals surface area (Å²) < 4.78 is 10.4. The lowest BCUT2D eigenvalue weighted by Crippen LogP contribution is -2.20. The molecule has 0 spiro atoms. The maximum absolute atomic E-state index is 5.34. The summed E-state index contributed by atoms with van der Waals surface area (Å²) in [6, 6.07) is 8.26. The van der Waals surface area contributed by atoms with Crippen LogP contribution in [0, 0.1) is 0 Å². The Morgan fingerprint density at radius 3 is 2.38 bits per heavy atom. The zero-order chi connectivity index (χ0) is 15.2. The Morgan fingerprint density at radius 1 is 1.14 bits per heavy atom. The van der Waals surface area contributed by atoms with Gasteiger partial charge < -0.3 is 14.8 Å². The fourth-order valence-electron chi connectivity index (χ4n) is 2.07. The van der Waals surface area contributed by atoms with Gasteiger partial charge in [-0.2, -0.15) is 4.98 Å². The Balaban J connectivity index is 2.40. The molecule has 0 aliphatic heterocycles. The maximum atomic E-state index is 5.34. The van der Waals surface area contributed by atoms with Gasteiger partial charge in [0.15, 0.2) is 0 Å². The Bertz CT molecular complexity index is 590. The average molecular weight is 305 g/mol. The van der Waals surface area contributed by atoms with Crippen molar-refractivity contribution in [3.05, 3.63) is 41.7 Å². The maximum Gasteiger partial charge on any atom is 0.240 e. The number of hydrogen-bond donors (Lipinski definition) is 1. The van der Waals surface area contributed by atoms with Crippen LogP contribution in [0.2, 0.25) is 0 Å². The van der Waals surface area contributed by atoms with Gasteiger partial charge >= 0.3 is 0 Å². The Morgan fingerprint density at radius 2 is 1.86 bits per heavy atom. The van der Waals surface area contributed by atoms with Crippen molar-refractivity contribution in [3.8, 4) is 11.8 Å². The molecular weight excluding hydrogens is 286 g/mol. The molecule has 1 unspecified atom stereocenters. The second kappa shape index (κ2) is 7.28. The van der Waals surface area contributed by atoms with E-state index in [1.165, 1.54) is 4.90 Å². The largest absolute Gasteiger partial charge is 0.480 e. The van der Waals surface area contributed by atoms with Crippen molar-refractivity contribution in [2.75, 3.05) is 27.5 Å². The van der Waals surface area contributed by atoms with Crippen LogP contribution < -0.4 is 14.8 Å². The third-order valence-electron chi connectivity index (χ3n) is 3.16. The molecular formula is C15H19N3O2S. The lowest BCUT2D eigenvalue weighted by Gasteiger charge is -2.18. The summed E-state index contributed by atoms with van der Waals surface area (Å²) in [7, 11) is 5.02. The van der Waals surface area contributed by atoms with Crippen LogP contribution >= 0.6 is 11.8 Å². The van der Waals surface area contributed by atoms with Gasteiger partial charge in [0, 0.05) is 4.90 Å². The molecule has 1 aromatic heterocycles. The molecule has 0 amide bonds. The highest BCUT2D eigenvalue weighted by molar-refractivity contribution is 7.98. The van der Waals surface area contributed by atoms with Gasteiger partial charge in [0.05, 0.1) is 26.5 Å². The van der Waals surface area contributed by atoms with E-state index in [1.54, 1.807) is 32.2 Å². The zero-order valence-corrected chi connectivity index (χ0v) is 13.4. The Kier molecular flexibility index (Phi) is 5.41. The van der Waals surface area contributed by atoms with Gasteiger partial charge in [-0.25, -0.2) is 4.98 Å². The number of ether oxygens (including phenoxy) is 2. The quantitative estimate of drug-likeness (QED) is 0.828. The van der Waals surface area contributed by atoms with Crippen molar-refractivity contribution >= 4 is 11.8 Å². The summed E-state index contributed by atoms with van der Waals surface area (Å²) in [4.78, 5) is 9.94. The van der Waals surface area contributed by atoms with Crippen molar-refractivity contribution in [1.82, 2.24) is 15.3 Å². The molecule has 2 aromatic rings. The number of hydrogen-bond acceptors (Lipinski definition) is 6.